The normalized spacial score (nSPS) is 14.9. The predicted molar refractivity (Wildman–Crippen MR) is 64.9 cm³/mol. The number of carbonyl (C=O) groups excluding carboxylic acids is 1. The van der Waals surface area contributed by atoms with Gasteiger partial charge in [0.05, 0.1) is 9.85 Å². The Hall–Kier alpha value is -2.71. The van der Waals surface area contributed by atoms with Crippen LogP contribution in [0.5, 0.6) is 0 Å². The molecule has 19 heavy (non-hydrogen) atoms. The van der Waals surface area contributed by atoms with Gasteiger partial charge in [-0.2, -0.15) is 0 Å². The van der Waals surface area contributed by atoms with E-state index < -0.39 is 21.5 Å². The van der Waals surface area contributed by atoms with Crippen LogP contribution in [0.2, 0.25) is 0 Å². The van der Waals surface area contributed by atoms with E-state index >= 15 is 0 Å². The van der Waals surface area contributed by atoms with Crippen molar-refractivity contribution >= 4 is 5.91 Å². The molecule has 0 unspecified atom stereocenters. The van der Waals surface area contributed by atoms with Crippen molar-refractivity contribution < 1.29 is 14.6 Å². The van der Waals surface area contributed by atoms with Crippen LogP contribution in [-0.2, 0) is 4.79 Å². The third kappa shape index (κ3) is 3.91. The fraction of sp³-hybridized carbons (Fsp3) is 0.300. The molecular weight excluding hydrogens is 256 g/mol. The van der Waals surface area contributed by atoms with Gasteiger partial charge in [-0.15, -0.1) is 0 Å². The molecule has 0 bridgehead atoms. The molecule has 1 saturated heterocycles. The predicted octanol–water partition coefficient (Wildman–Crippen LogP) is -0.117. The molecule has 0 saturated carbocycles. The van der Waals surface area contributed by atoms with E-state index in [9.17, 15) is 25.0 Å². The minimum absolute atomic E-state index is 0.131. The molecule has 1 fully saturated rings. The molecule has 0 aromatic heterocycles. The van der Waals surface area contributed by atoms with E-state index in [-0.39, 0.29) is 11.3 Å². The van der Waals surface area contributed by atoms with E-state index in [0.29, 0.717) is 19.3 Å². The summed E-state index contributed by atoms with van der Waals surface area (Å²) >= 11 is 0. The van der Waals surface area contributed by atoms with Crippen molar-refractivity contribution in [3.63, 3.8) is 0 Å². The van der Waals surface area contributed by atoms with Crippen molar-refractivity contribution in [1.29, 1.82) is 0 Å². The summed E-state index contributed by atoms with van der Waals surface area (Å²) in [6.45, 7) is 4.39. The lowest BCUT2D eigenvalue weighted by molar-refractivity contribution is -0.419. The van der Waals surface area contributed by atoms with Crippen LogP contribution in [0.15, 0.2) is 35.8 Å². The number of hydrogen-bond acceptors (Lipinski definition) is 6. The van der Waals surface area contributed by atoms with Crippen molar-refractivity contribution in [2.45, 2.75) is 0 Å². The maximum atomic E-state index is 11.6. The summed E-state index contributed by atoms with van der Waals surface area (Å²) in [5.41, 5.74) is -0.797. The largest absolute Gasteiger partial charge is 0.363 e. The Bertz CT molecular complexity index is 504. The summed E-state index contributed by atoms with van der Waals surface area (Å²) in [4.78, 5) is 32.8. The van der Waals surface area contributed by atoms with Gasteiger partial charge >= 0.3 is 0 Å². The number of hydrogen-bond donors (Lipinski definition) is 1. The van der Waals surface area contributed by atoms with E-state index in [2.05, 4.69) is 11.9 Å². The average Bonchev–Trinajstić information content (AvgIpc) is 3.16. The molecule has 0 radical (unpaired) electrons. The topological polar surface area (TPSA) is 118 Å². The minimum atomic E-state index is -0.812. The van der Waals surface area contributed by atoms with Crippen LogP contribution in [0.3, 0.4) is 0 Å². The van der Waals surface area contributed by atoms with Gasteiger partial charge in [0, 0.05) is 20.1 Å². The SMILES string of the molecule is C=C(/C(=C\C(=C\[N+](=O)[O-])N1CC1)C(=O)NC)[N+](=O)[O-]. The zero-order valence-corrected chi connectivity index (χ0v) is 10.2. The van der Waals surface area contributed by atoms with Crippen molar-refractivity contribution in [2.75, 3.05) is 20.1 Å². The number of rotatable bonds is 6. The van der Waals surface area contributed by atoms with Crippen LogP contribution >= 0.6 is 0 Å². The third-order valence-corrected chi connectivity index (χ3v) is 2.35. The highest BCUT2D eigenvalue weighted by atomic mass is 16.6. The lowest BCUT2D eigenvalue weighted by Crippen LogP contribution is -2.23. The molecule has 0 aromatic carbocycles. The summed E-state index contributed by atoms with van der Waals surface area (Å²) in [5.74, 6) is -0.724. The van der Waals surface area contributed by atoms with E-state index in [1.807, 2.05) is 0 Å². The number of nitrogens with one attached hydrogen (secondary N) is 1. The molecule has 102 valence electrons. The molecular formula is C10H12N4O5. The molecule has 0 spiro atoms. The van der Waals surface area contributed by atoms with Gasteiger partial charge in [-0.3, -0.25) is 25.0 Å². The molecule has 0 aromatic rings. The van der Waals surface area contributed by atoms with Crippen molar-refractivity contribution in [1.82, 2.24) is 10.2 Å². The Morgan fingerprint density at radius 3 is 2.32 bits per heavy atom. The Labute approximate surface area is 108 Å². The van der Waals surface area contributed by atoms with Crippen LogP contribution in [0, 0.1) is 20.2 Å². The molecule has 1 aliphatic rings. The van der Waals surface area contributed by atoms with Crippen LogP contribution in [-0.4, -0.2) is 40.8 Å². The van der Waals surface area contributed by atoms with E-state index in [1.165, 1.54) is 7.05 Å². The first-order chi connectivity index (χ1) is 8.86. The van der Waals surface area contributed by atoms with Crippen molar-refractivity contribution in [3.05, 3.63) is 56.1 Å². The van der Waals surface area contributed by atoms with Gasteiger partial charge in [0.2, 0.25) is 0 Å². The number of carbonyl (C=O) groups is 1. The van der Waals surface area contributed by atoms with Crippen molar-refractivity contribution in [3.8, 4) is 0 Å². The maximum Gasteiger partial charge on any atom is 0.275 e. The Morgan fingerprint density at radius 2 is 1.95 bits per heavy atom. The van der Waals surface area contributed by atoms with Gasteiger partial charge in [0.15, 0.2) is 0 Å². The summed E-state index contributed by atoms with van der Waals surface area (Å²) < 4.78 is 0. The van der Waals surface area contributed by atoms with E-state index in [4.69, 9.17) is 0 Å². The molecule has 0 aliphatic carbocycles. The lowest BCUT2D eigenvalue weighted by Gasteiger charge is -2.05. The highest BCUT2D eigenvalue weighted by molar-refractivity contribution is 5.97. The van der Waals surface area contributed by atoms with Crippen LogP contribution < -0.4 is 5.32 Å². The van der Waals surface area contributed by atoms with Gasteiger partial charge in [0.1, 0.15) is 11.3 Å². The molecule has 1 amide bonds. The first kappa shape index (κ1) is 14.4. The summed E-state index contributed by atoms with van der Waals surface area (Å²) in [7, 11) is 1.30. The fourth-order valence-electron chi connectivity index (χ4n) is 1.29. The van der Waals surface area contributed by atoms with Crippen LogP contribution in [0.25, 0.3) is 0 Å². The van der Waals surface area contributed by atoms with Gasteiger partial charge in [-0.25, -0.2) is 0 Å². The minimum Gasteiger partial charge on any atom is -0.363 e. The van der Waals surface area contributed by atoms with Crippen LogP contribution in [0.1, 0.15) is 0 Å². The Morgan fingerprint density at radius 1 is 1.37 bits per heavy atom. The monoisotopic (exact) mass is 268 g/mol. The first-order valence-electron chi connectivity index (χ1n) is 5.24. The molecule has 9 heteroatoms. The second-order valence-electron chi connectivity index (χ2n) is 3.67. The Kier molecular flexibility index (Phi) is 4.35. The lowest BCUT2D eigenvalue weighted by atomic mass is 10.1. The van der Waals surface area contributed by atoms with Gasteiger partial charge in [-0.05, 0) is 12.7 Å². The second kappa shape index (κ2) is 5.76. The van der Waals surface area contributed by atoms with E-state index in [1.54, 1.807) is 4.90 Å². The molecule has 1 heterocycles. The number of likely N-dealkylation sites (N-methyl/N-ethyl adjacent to an activating group) is 1. The summed E-state index contributed by atoms with van der Waals surface area (Å²) in [5, 5.41) is 23.4. The highest BCUT2D eigenvalue weighted by Crippen LogP contribution is 2.20. The standard InChI is InChI=1S/C10H12N4O5/c1-7(14(18)19)9(10(15)11-2)5-8(6-13(16)17)12-3-4-12/h5-6H,1,3-4H2,2H3,(H,11,15)/b8-6-,9-5+. The van der Waals surface area contributed by atoms with Crippen molar-refractivity contribution in [2.24, 2.45) is 0 Å². The van der Waals surface area contributed by atoms with Gasteiger partial charge in [0.25, 0.3) is 17.8 Å². The fourth-order valence-corrected chi connectivity index (χ4v) is 1.29. The highest BCUT2D eigenvalue weighted by Gasteiger charge is 2.27. The zero-order chi connectivity index (χ0) is 14.6. The summed E-state index contributed by atoms with van der Waals surface area (Å²) in [6, 6.07) is 0. The smallest absolute Gasteiger partial charge is 0.275 e. The second-order valence-corrected chi connectivity index (χ2v) is 3.67. The number of amides is 1. The molecule has 0 atom stereocenters. The molecule has 9 nitrogen and oxygen atoms in total. The Balaban J connectivity index is 3.17. The first-order valence-corrected chi connectivity index (χ1v) is 5.24. The van der Waals surface area contributed by atoms with Gasteiger partial charge < -0.3 is 10.2 Å². The maximum absolute atomic E-state index is 11.6. The molecule has 1 aliphatic heterocycles. The average molecular weight is 268 g/mol. The summed E-state index contributed by atoms with van der Waals surface area (Å²) in [6.07, 6.45) is 1.79. The number of allylic oxidation sites excluding steroid dienone is 1. The number of nitrogens with zero attached hydrogens (tertiary/aromatic N) is 3. The molecule has 1 N–H and O–H groups in total. The van der Waals surface area contributed by atoms with Crippen LogP contribution in [0.4, 0.5) is 0 Å². The quantitative estimate of drug-likeness (QED) is 0.236. The van der Waals surface area contributed by atoms with E-state index in [0.717, 1.165) is 6.08 Å². The zero-order valence-electron chi connectivity index (χ0n) is 10.2. The molecule has 1 rings (SSSR count). The van der Waals surface area contributed by atoms with Gasteiger partial charge in [-0.1, -0.05) is 0 Å². The third-order valence-electron chi connectivity index (χ3n) is 2.35. The number of nitro groups is 2.